The van der Waals surface area contributed by atoms with Crippen molar-refractivity contribution in [2.75, 3.05) is 31.3 Å². The first-order valence-corrected chi connectivity index (χ1v) is 7.92. The molecule has 0 aromatic carbocycles. The average Bonchev–Trinajstić information content (AvgIpc) is 2.42. The molecule has 0 radical (unpaired) electrons. The molecule has 0 aliphatic carbocycles. The van der Waals surface area contributed by atoms with Gasteiger partial charge in [-0.15, -0.1) is 0 Å². The highest BCUT2D eigenvalue weighted by Crippen LogP contribution is 2.30. The molecule has 1 heterocycles. The molecule has 1 aliphatic rings. The van der Waals surface area contributed by atoms with Crippen LogP contribution >= 0.6 is 11.8 Å². The molecule has 0 aromatic heterocycles. The number of carbonyl (C=O) groups excluding carboxylic acids is 1. The van der Waals surface area contributed by atoms with Gasteiger partial charge in [0.2, 0.25) is 5.91 Å². The zero-order valence-corrected chi connectivity index (χ0v) is 12.3. The molecule has 1 fully saturated rings. The Kier molecular flexibility index (Phi) is 7.23. The summed E-state index contributed by atoms with van der Waals surface area (Å²) in [6.07, 6.45) is 3.16. The topological polar surface area (TPSA) is 75.6 Å². The maximum Gasteiger partial charge on any atom is 0.311 e. The number of unbranched alkanes of at least 4 members (excludes halogenated alkanes) is 1. The van der Waals surface area contributed by atoms with Crippen LogP contribution in [0, 0.1) is 5.41 Å². The number of thioether (sulfide) groups is 1. The van der Waals surface area contributed by atoms with Crippen molar-refractivity contribution >= 4 is 23.6 Å². The number of carbonyl (C=O) groups is 2. The Morgan fingerprint density at radius 1 is 1.37 bits per heavy atom. The Morgan fingerprint density at radius 3 is 2.63 bits per heavy atom. The summed E-state index contributed by atoms with van der Waals surface area (Å²) >= 11 is 1.60. The molecule has 0 saturated carbocycles. The van der Waals surface area contributed by atoms with Crippen molar-refractivity contribution in [1.29, 1.82) is 0 Å². The lowest BCUT2D eigenvalue weighted by Crippen LogP contribution is -2.46. The molecule has 1 amide bonds. The van der Waals surface area contributed by atoms with E-state index >= 15 is 0 Å². The van der Waals surface area contributed by atoms with Crippen molar-refractivity contribution < 1.29 is 19.4 Å². The summed E-state index contributed by atoms with van der Waals surface area (Å²) in [4.78, 5) is 23.0. The number of carboxylic acid groups (broad SMARTS) is 1. The summed E-state index contributed by atoms with van der Waals surface area (Å²) in [6.45, 7) is 3.22. The predicted molar refractivity (Wildman–Crippen MR) is 75.4 cm³/mol. The number of amides is 1. The van der Waals surface area contributed by atoms with E-state index in [1.165, 1.54) is 0 Å². The summed E-state index contributed by atoms with van der Waals surface area (Å²) in [5.74, 6) is 0.469. The van der Waals surface area contributed by atoms with E-state index < -0.39 is 11.4 Å². The minimum atomic E-state index is -0.845. The summed E-state index contributed by atoms with van der Waals surface area (Å²) in [5.41, 5.74) is -0.845. The zero-order chi connectivity index (χ0) is 14.1. The second-order valence-corrected chi connectivity index (χ2v) is 5.99. The van der Waals surface area contributed by atoms with Crippen molar-refractivity contribution in [2.45, 2.75) is 32.6 Å². The van der Waals surface area contributed by atoms with Crippen LogP contribution in [0.25, 0.3) is 0 Å². The Balaban J connectivity index is 2.31. The van der Waals surface area contributed by atoms with Crippen LogP contribution in [0.4, 0.5) is 0 Å². The molecule has 0 atom stereocenters. The number of rotatable bonds is 8. The maximum atomic E-state index is 11.7. The lowest BCUT2D eigenvalue weighted by molar-refractivity contribution is -0.154. The zero-order valence-electron chi connectivity index (χ0n) is 11.4. The van der Waals surface area contributed by atoms with Gasteiger partial charge < -0.3 is 15.2 Å². The molecule has 2 N–H and O–H groups in total. The Hall–Kier alpha value is -0.750. The minimum Gasteiger partial charge on any atom is -0.481 e. The van der Waals surface area contributed by atoms with Crippen molar-refractivity contribution in [3.05, 3.63) is 0 Å². The smallest absolute Gasteiger partial charge is 0.311 e. The third-order valence-electron chi connectivity index (χ3n) is 3.40. The van der Waals surface area contributed by atoms with Gasteiger partial charge in [0.1, 0.15) is 0 Å². The van der Waals surface area contributed by atoms with Crippen LogP contribution in [0.15, 0.2) is 0 Å². The second kappa shape index (κ2) is 8.43. The SMILES string of the molecule is CCCCSCC(=O)NCC1(C(=O)O)CCOCC1. The second-order valence-electron chi connectivity index (χ2n) is 4.88. The molecule has 19 heavy (non-hydrogen) atoms. The molecule has 0 bridgehead atoms. The Morgan fingerprint density at radius 2 is 2.05 bits per heavy atom. The first kappa shape index (κ1) is 16.3. The van der Waals surface area contributed by atoms with Gasteiger partial charge in [-0.25, -0.2) is 0 Å². The number of ether oxygens (including phenoxy) is 1. The highest BCUT2D eigenvalue weighted by molar-refractivity contribution is 7.99. The van der Waals surface area contributed by atoms with Gasteiger partial charge in [0.05, 0.1) is 11.2 Å². The summed E-state index contributed by atoms with van der Waals surface area (Å²) < 4.78 is 5.19. The summed E-state index contributed by atoms with van der Waals surface area (Å²) in [7, 11) is 0. The Labute approximate surface area is 118 Å². The molecule has 1 aliphatic heterocycles. The van der Waals surface area contributed by atoms with E-state index in [1.54, 1.807) is 11.8 Å². The van der Waals surface area contributed by atoms with Crippen molar-refractivity contribution in [2.24, 2.45) is 5.41 Å². The molecular weight excluding hydrogens is 266 g/mol. The fourth-order valence-corrected chi connectivity index (χ4v) is 2.88. The quantitative estimate of drug-likeness (QED) is 0.663. The fourth-order valence-electron chi connectivity index (χ4n) is 1.96. The lowest BCUT2D eigenvalue weighted by Gasteiger charge is -2.33. The lowest BCUT2D eigenvalue weighted by atomic mass is 9.80. The molecular formula is C13H23NO4S. The molecule has 0 aromatic rings. The average molecular weight is 289 g/mol. The van der Waals surface area contributed by atoms with E-state index in [2.05, 4.69) is 12.2 Å². The van der Waals surface area contributed by atoms with Crippen LogP contribution in [0.1, 0.15) is 32.6 Å². The third-order valence-corrected chi connectivity index (χ3v) is 4.45. The van der Waals surface area contributed by atoms with Gasteiger partial charge in [0, 0.05) is 19.8 Å². The highest BCUT2D eigenvalue weighted by atomic mass is 32.2. The van der Waals surface area contributed by atoms with E-state index in [0.29, 0.717) is 31.8 Å². The predicted octanol–water partition coefficient (Wildman–Crippen LogP) is 1.52. The molecule has 1 rings (SSSR count). The van der Waals surface area contributed by atoms with Gasteiger partial charge in [-0.2, -0.15) is 11.8 Å². The minimum absolute atomic E-state index is 0.0757. The van der Waals surface area contributed by atoms with Crippen LogP contribution in [0.2, 0.25) is 0 Å². The standard InChI is InChI=1S/C13H23NO4S/c1-2-3-8-19-9-11(15)14-10-13(12(16)17)4-6-18-7-5-13/h2-10H2,1H3,(H,14,15)(H,16,17). The maximum absolute atomic E-state index is 11.7. The first-order chi connectivity index (χ1) is 9.10. The Bertz CT molecular complexity index is 303. The number of hydrogen-bond donors (Lipinski definition) is 2. The van der Waals surface area contributed by atoms with Crippen LogP contribution in [-0.4, -0.2) is 48.2 Å². The fraction of sp³-hybridized carbons (Fsp3) is 0.846. The van der Waals surface area contributed by atoms with Gasteiger partial charge >= 0.3 is 5.97 Å². The molecule has 6 heteroatoms. The van der Waals surface area contributed by atoms with Crippen LogP contribution in [0.5, 0.6) is 0 Å². The number of aliphatic carboxylic acids is 1. The van der Waals surface area contributed by atoms with E-state index in [4.69, 9.17) is 4.74 Å². The molecule has 110 valence electrons. The van der Waals surface area contributed by atoms with E-state index in [1.807, 2.05) is 0 Å². The van der Waals surface area contributed by atoms with Gasteiger partial charge in [-0.1, -0.05) is 13.3 Å². The first-order valence-electron chi connectivity index (χ1n) is 6.76. The van der Waals surface area contributed by atoms with Crippen molar-refractivity contribution in [1.82, 2.24) is 5.32 Å². The number of hydrogen-bond acceptors (Lipinski definition) is 4. The van der Waals surface area contributed by atoms with Crippen LogP contribution in [0.3, 0.4) is 0 Å². The number of carboxylic acids is 1. The summed E-state index contributed by atoms with van der Waals surface area (Å²) in [5, 5.41) is 12.1. The monoisotopic (exact) mass is 289 g/mol. The molecule has 0 spiro atoms. The van der Waals surface area contributed by atoms with Gasteiger partial charge in [0.15, 0.2) is 0 Å². The van der Waals surface area contributed by atoms with Gasteiger partial charge in [-0.05, 0) is 25.0 Å². The van der Waals surface area contributed by atoms with Gasteiger partial charge in [-0.3, -0.25) is 9.59 Å². The van der Waals surface area contributed by atoms with E-state index in [9.17, 15) is 14.7 Å². The highest BCUT2D eigenvalue weighted by Gasteiger charge is 2.40. The normalized spacial score (nSPS) is 17.9. The van der Waals surface area contributed by atoms with Crippen molar-refractivity contribution in [3.63, 3.8) is 0 Å². The third kappa shape index (κ3) is 5.40. The molecule has 1 saturated heterocycles. The van der Waals surface area contributed by atoms with Gasteiger partial charge in [0.25, 0.3) is 0 Å². The largest absolute Gasteiger partial charge is 0.481 e. The molecule has 0 unspecified atom stereocenters. The molecule has 5 nitrogen and oxygen atoms in total. The van der Waals surface area contributed by atoms with Crippen LogP contribution in [-0.2, 0) is 14.3 Å². The van der Waals surface area contributed by atoms with Crippen molar-refractivity contribution in [3.8, 4) is 0 Å². The number of nitrogens with one attached hydrogen (secondary N) is 1. The summed E-state index contributed by atoms with van der Waals surface area (Å²) in [6, 6.07) is 0. The van der Waals surface area contributed by atoms with Crippen LogP contribution < -0.4 is 5.32 Å². The van der Waals surface area contributed by atoms with E-state index in [-0.39, 0.29) is 12.5 Å². The van der Waals surface area contributed by atoms with E-state index in [0.717, 1.165) is 18.6 Å².